The molecule has 0 aliphatic heterocycles. The van der Waals surface area contributed by atoms with Crippen molar-refractivity contribution in [3.05, 3.63) is 66.1 Å². The average molecular weight is 294 g/mol. The topological polar surface area (TPSA) is 48.2 Å². The van der Waals surface area contributed by atoms with Gasteiger partial charge in [0.25, 0.3) is 0 Å². The summed E-state index contributed by atoms with van der Waals surface area (Å²) in [4.78, 5) is 0. The van der Waals surface area contributed by atoms with E-state index in [2.05, 4.69) is 29.3 Å². The van der Waals surface area contributed by atoms with Gasteiger partial charge < -0.3 is 9.15 Å². The Balaban J connectivity index is 1.88. The minimum Gasteiger partial charge on any atom is -0.497 e. The standard InChI is InChI=1S/C18H18N2O2/c1-3-16(13-7-5-4-6-8-13)18-20-19-17(22-18)14-9-11-15(21-2)12-10-14/h4-12,16H,3H2,1-2H3/t16-/m1/s1. The molecule has 0 amide bonds. The third kappa shape index (κ3) is 2.86. The van der Waals surface area contributed by atoms with E-state index in [-0.39, 0.29) is 5.92 Å². The van der Waals surface area contributed by atoms with Crippen LogP contribution in [0.5, 0.6) is 5.75 Å². The van der Waals surface area contributed by atoms with Gasteiger partial charge in [0.1, 0.15) is 5.75 Å². The lowest BCUT2D eigenvalue weighted by Crippen LogP contribution is -1.99. The Hall–Kier alpha value is -2.62. The number of benzene rings is 2. The Morgan fingerprint density at radius 2 is 1.73 bits per heavy atom. The quantitative estimate of drug-likeness (QED) is 0.704. The van der Waals surface area contributed by atoms with Crippen LogP contribution in [0.2, 0.25) is 0 Å². The summed E-state index contributed by atoms with van der Waals surface area (Å²) >= 11 is 0. The van der Waals surface area contributed by atoms with Crippen molar-refractivity contribution in [1.29, 1.82) is 0 Å². The molecule has 0 unspecified atom stereocenters. The van der Waals surface area contributed by atoms with Crippen LogP contribution in [-0.2, 0) is 0 Å². The molecule has 0 bridgehead atoms. The fourth-order valence-electron chi connectivity index (χ4n) is 2.46. The molecule has 3 rings (SSSR count). The van der Waals surface area contributed by atoms with Crippen LogP contribution in [0.25, 0.3) is 11.5 Å². The Bertz CT molecular complexity index is 720. The van der Waals surface area contributed by atoms with Gasteiger partial charge in [-0.25, -0.2) is 0 Å². The summed E-state index contributed by atoms with van der Waals surface area (Å²) in [6, 6.07) is 17.8. The third-order valence-electron chi connectivity index (χ3n) is 3.69. The second kappa shape index (κ2) is 6.43. The Kier molecular flexibility index (Phi) is 4.19. The van der Waals surface area contributed by atoms with Crippen LogP contribution in [0.15, 0.2) is 59.0 Å². The monoisotopic (exact) mass is 294 g/mol. The van der Waals surface area contributed by atoms with Gasteiger partial charge in [-0.15, -0.1) is 10.2 Å². The van der Waals surface area contributed by atoms with Crippen LogP contribution in [0.4, 0.5) is 0 Å². The predicted molar refractivity (Wildman–Crippen MR) is 84.9 cm³/mol. The average Bonchev–Trinajstić information content (AvgIpc) is 3.06. The van der Waals surface area contributed by atoms with Gasteiger partial charge in [-0.05, 0) is 36.2 Å². The molecule has 0 saturated carbocycles. The minimum atomic E-state index is 0.126. The minimum absolute atomic E-state index is 0.126. The Labute approximate surface area is 129 Å². The summed E-state index contributed by atoms with van der Waals surface area (Å²) in [5.74, 6) is 2.12. The summed E-state index contributed by atoms with van der Waals surface area (Å²) in [5.41, 5.74) is 2.08. The maximum absolute atomic E-state index is 5.89. The first kappa shape index (κ1) is 14.3. The Morgan fingerprint density at radius 1 is 1.00 bits per heavy atom. The van der Waals surface area contributed by atoms with Gasteiger partial charge in [-0.2, -0.15) is 0 Å². The normalized spacial score (nSPS) is 12.1. The van der Waals surface area contributed by atoms with Crippen molar-refractivity contribution in [2.24, 2.45) is 0 Å². The molecule has 4 heteroatoms. The van der Waals surface area contributed by atoms with E-state index >= 15 is 0 Å². The molecule has 1 atom stereocenters. The number of nitrogens with zero attached hydrogens (tertiary/aromatic N) is 2. The molecule has 2 aromatic carbocycles. The number of methoxy groups -OCH3 is 1. The van der Waals surface area contributed by atoms with Crippen molar-refractivity contribution in [2.45, 2.75) is 19.3 Å². The van der Waals surface area contributed by atoms with E-state index in [0.717, 1.165) is 17.7 Å². The van der Waals surface area contributed by atoms with Gasteiger partial charge in [-0.1, -0.05) is 37.3 Å². The van der Waals surface area contributed by atoms with Crippen molar-refractivity contribution < 1.29 is 9.15 Å². The number of ether oxygens (including phenoxy) is 1. The summed E-state index contributed by atoms with van der Waals surface area (Å²) in [6.07, 6.45) is 0.911. The lowest BCUT2D eigenvalue weighted by Gasteiger charge is -2.10. The lowest BCUT2D eigenvalue weighted by molar-refractivity contribution is 0.415. The SMILES string of the molecule is CC[C@H](c1ccccc1)c1nnc(-c2ccc(OC)cc2)o1. The first-order valence-electron chi connectivity index (χ1n) is 7.34. The lowest BCUT2D eigenvalue weighted by atomic mass is 9.97. The second-order valence-electron chi connectivity index (χ2n) is 5.05. The van der Waals surface area contributed by atoms with E-state index in [9.17, 15) is 0 Å². The van der Waals surface area contributed by atoms with Gasteiger partial charge in [0.2, 0.25) is 11.8 Å². The molecule has 0 saturated heterocycles. The highest BCUT2D eigenvalue weighted by Gasteiger charge is 2.19. The van der Waals surface area contributed by atoms with E-state index in [1.807, 2.05) is 42.5 Å². The molecule has 0 aliphatic carbocycles. The van der Waals surface area contributed by atoms with Crippen molar-refractivity contribution in [1.82, 2.24) is 10.2 Å². The van der Waals surface area contributed by atoms with Crippen molar-refractivity contribution in [3.63, 3.8) is 0 Å². The highest BCUT2D eigenvalue weighted by molar-refractivity contribution is 5.54. The maximum atomic E-state index is 5.89. The fraction of sp³-hybridized carbons (Fsp3) is 0.222. The number of rotatable bonds is 5. The van der Waals surface area contributed by atoms with E-state index in [1.165, 1.54) is 5.56 Å². The molecular weight excluding hydrogens is 276 g/mol. The first-order chi connectivity index (χ1) is 10.8. The molecule has 3 aromatic rings. The Morgan fingerprint density at radius 3 is 2.36 bits per heavy atom. The zero-order chi connectivity index (χ0) is 15.4. The zero-order valence-corrected chi connectivity index (χ0v) is 12.7. The smallest absolute Gasteiger partial charge is 0.247 e. The molecule has 1 aromatic heterocycles. The van der Waals surface area contributed by atoms with Crippen LogP contribution in [0.3, 0.4) is 0 Å². The van der Waals surface area contributed by atoms with Crippen LogP contribution in [-0.4, -0.2) is 17.3 Å². The summed E-state index contributed by atoms with van der Waals surface area (Å²) in [7, 11) is 1.64. The number of hydrogen-bond acceptors (Lipinski definition) is 4. The zero-order valence-electron chi connectivity index (χ0n) is 12.7. The fourth-order valence-corrected chi connectivity index (χ4v) is 2.46. The molecule has 4 nitrogen and oxygen atoms in total. The van der Waals surface area contributed by atoms with Crippen LogP contribution >= 0.6 is 0 Å². The highest BCUT2D eigenvalue weighted by Crippen LogP contribution is 2.29. The molecule has 112 valence electrons. The molecule has 1 heterocycles. The predicted octanol–water partition coefficient (Wildman–Crippen LogP) is 4.29. The molecule has 0 aliphatic rings. The summed E-state index contributed by atoms with van der Waals surface area (Å²) < 4.78 is 11.0. The second-order valence-corrected chi connectivity index (χ2v) is 5.05. The van der Waals surface area contributed by atoms with E-state index < -0.39 is 0 Å². The molecule has 0 N–H and O–H groups in total. The highest BCUT2D eigenvalue weighted by atomic mass is 16.5. The summed E-state index contributed by atoms with van der Waals surface area (Å²) in [5, 5.41) is 8.41. The third-order valence-corrected chi connectivity index (χ3v) is 3.69. The van der Waals surface area contributed by atoms with Crippen LogP contribution in [0.1, 0.15) is 30.7 Å². The van der Waals surface area contributed by atoms with E-state index in [0.29, 0.717) is 11.8 Å². The van der Waals surface area contributed by atoms with E-state index in [4.69, 9.17) is 9.15 Å². The largest absolute Gasteiger partial charge is 0.497 e. The van der Waals surface area contributed by atoms with Crippen LogP contribution in [0, 0.1) is 0 Å². The van der Waals surface area contributed by atoms with Gasteiger partial charge in [0.15, 0.2) is 0 Å². The van der Waals surface area contributed by atoms with Crippen molar-refractivity contribution >= 4 is 0 Å². The molecule has 22 heavy (non-hydrogen) atoms. The summed E-state index contributed by atoms with van der Waals surface area (Å²) in [6.45, 7) is 2.12. The molecular formula is C18H18N2O2. The number of aromatic nitrogens is 2. The van der Waals surface area contributed by atoms with Gasteiger partial charge in [0.05, 0.1) is 13.0 Å². The molecule has 0 radical (unpaired) electrons. The maximum Gasteiger partial charge on any atom is 0.247 e. The van der Waals surface area contributed by atoms with Gasteiger partial charge in [0, 0.05) is 5.56 Å². The van der Waals surface area contributed by atoms with Crippen LogP contribution < -0.4 is 4.74 Å². The van der Waals surface area contributed by atoms with Gasteiger partial charge >= 0.3 is 0 Å². The van der Waals surface area contributed by atoms with E-state index in [1.54, 1.807) is 7.11 Å². The van der Waals surface area contributed by atoms with Crippen molar-refractivity contribution in [2.75, 3.05) is 7.11 Å². The van der Waals surface area contributed by atoms with Gasteiger partial charge in [-0.3, -0.25) is 0 Å². The molecule has 0 fully saturated rings. The first-order valence-corrected chi connectivity index (χ1v) is 7.34. The van der Waals surface area contributed by atoms with Crippen molar-refractivity contribution in [3.8, 4) is 17.2 Å². The molecule has 0 spiro atoms. The number of hydrogen-bond donors (Lipinski definition) is 0.